The number of nitrogens with one attached hydrogen (secondary N) is 2. The van der Waals surface area contributed by atoms with E-state index in [1.807, 2.05) is 18.2 Å². The molecule has 6 nitrogen and oxygen atoms in total. The van der Waals surface area contributed by atoms with Gasteiger partial charge in [0.25, 0.3) is 5.91 Å². The molecule has 1 aromatic heterocycles. The maximum Gasteiger partial charge on any atom is 0.321 e. The van der Waals surface area contributed by atoms with Crippen molar-refractivity contribution in [1.29, 1.82) is 0 Å². The Morgan fingerprint density at radius 1 is 0.962 bits per heavy atom. The monoisotopic (exact) mass is 354 g/mol. The smallest absolute Gasteiger partial charge is 0.321 e. The van der Waals surface area contributed by atoms with E-state index in [1.54, 1.807) is 41.2 Å². The van der Waals surface area contributed by atoms with E-state index < -0.39 is 11.9 Å². The van der Waals surface area contributed by atoms with Crippen molar-refractivity contribution in [3.8, 4) is 0 Å². The molecule has 0 aliphatic carbocycles. The molecule has 1 aromatic carbocycles. The normalized spacial score (nSPS) is 10.4. The largest absolute Gasteiger partial charge is 0.338 e. The first-order valence-corrected chi connectivity index (χ1v) is 8.62. The van der Waals surface area contributed by atoms with Crippen LogP contribution >= 0.6 is 0 Å². The highest BCUT2D eigenvalue weighted by atomic mass is 16.2. The van der Waals surface area contributed by atoms with E-state index in [0.717, 1.165) is 6.42 Å². The highest BCUT2D eigenvalue weighted by Crippen LogP contribution is 2.07. The fourth-order valence-electron chi connectivity index (χ4n) is 2.32. The zero-order valence-corrected chi connectivity index (χ0v) is 15.1. The van der Waals surface area contributed by atoms with Crippen molar-refractivity contribution >= 4 is 17.7 Å². The molecule has 0 aliphatic rings. The number of pyridine rings is 1. The summed E-state index contributed by atoms with van der Waals surface area (Å²) in [5.41, 5.74) is 1.15. The van der Waals surface area contributed by atoms with Crippen molar-refractivity contribution in [2.75, 3.05) is 6.54 Å². The zero-order chi connectivity index (χ0) is 18.9. The van der Waals surface area contributed by atoms with Crippen LogP contribution in [0.25, 0.3) is 0 Å². The minimum atomic E-state index is -0.493. The number of nitrogens with zero attached hydrogens (tertiary/aromatic N) is 1. The summed E-state index contributed by atoms with van der Waals surface area (Å²) in [4.78, 5) is 35.9. The molecule has 0 bridgehead atoms. The number of amides is 3. The number of rotatable bonds is 7. The van der Waals surface area contributed by atoms with Gasteiger partial charge < -0.3 is 5.32 Å². The van der Waals surface area contributed by atoms with Crippen molar-refractivity contribution in [2.24, 2.45) is 5.92 Å². The fourth-order valence-corrected chi connectivity index (χ4v) is 2.32. The Morgan fingerprint density at radius 2 is 1.58 bits per heavy atom. The maximum absolute atomic E-state index is 12.3. The summed E-state index contributed by atoms with van der Waals surface area (Å²) in [7, 11) is 0. The number of hydrogen-bond donors (Lipinski definition) is 2. The van der Waals surface area contributed by atoms with Gasteiger partial charge in [-0.3, -0.25) is 14.9 Å². The third kappa shape index (κ3) is 6.12. The van der Waals surface area contributed by atoms with Gasteiger partial charge in [0.05, 0.1) is 0 Å². The topological polar surface area (TPSA) is 79.2 Å². The van der Waals surface area contributed by atoms with E-state index in [2.05, 4.69) is 24.5 Å². The second-order valence-electron chi connectivity index (χ2n) is 6.44. The Morgan fingerprint density at radius 3 is 2.19 bits per heavy atom. The zero-order valence-electron chi connectivity index (χ0n) is 15.1. The molecule has 6 heteroatoms. The van der Waals surface area contributed by atoms with Crippen LogP contribution < -0.4 is 15.2 Å². The van der Waals surface area contributed by atoms with E-state index >= 15 is 0 Å². The summed E-state index contributed by atoms with van der Waals surface area (Å²) in [5.74, 6) is -0.00965. The van der Waals surface area contributed by atoms with Crippen molar-refractivity contribution < 1.29 is 19.0 Å². The van der Waals surface area contributed by atoms with Crippen LogP contribution in [-0.2, 0) is 11.3 Å². The molecular weight excluding hydrogens is 330 g/mol. The standard InChI is InChI=1S/C20H23N3O3/c1-15(2)8-11-21-20(26)22-18(24)14-23-12-9-17(10-13-23)19(25)16-6-4-3-5-7-16/h3-7,9-10,12-13,15H,8,11,14H2,1-2H3,(H-,21,22,24,26)/p+1. The molecule has 1 heterocycles. The predicted octanol–water partition coefficient (Wildman–Crippen LogP) is 2.08. The van der Waals surface area contributed by atoms with Crippen molar-refractivity contribution in [3.05, 3.63) is 66.0 Å². The Balaban J connectivity index is 1.86. The van der Waals surface area contributed by atoms with Gasteiger partial charge in [-0.15, -0.1) is 0 Å². The molecule has 2 N–H and O–H groups in total. The fraction of sp³-hybridized carbons (Fsp3) is 0.300. The number of hydrogen-bond acceptors (Lipinski definition) is 3. The summed E-state index contributed by atoms with van der Waals surface area (Å²) < 4.78 is 1.61. The third-order valence-electron chi connectivity index (χ3n) is 3.78. The van der Waals surface area contributed by atoms with Gasteiger partial charge in [-0.1, -0.05) is 44.2 Å². The van der Waals surface area contributed by atoms with Gasteiger partial charge in [0.2, 0.25) is 6.54 Å². The molecule has 2 aromatic rings. The van der Waals surface area contributed by atoms with Crippen LogP contribution in [0.1, 0.15) is 36.2 Å². The molecule has 0 aliphatic heterocycles. The molecule has 0 unspecified atom stereocenters. The molecule has 26 heavy (non-hydrogen) atoms. The van der Waals surface area contributed by atoms with E-state index in [1.165, 1.54) is 0 Å². The molecule has 136 valence electrons. The van der Waals surface area contributed by atoms with Gasteiger partial charge in [0, 0.05) is 29.8 Å². The number of aromatic nitrogens is 1. The molecule has 0 saturated heterocycles. The van der Waals surface area contributed by atoms with Crippen molar-refractivity contribution in [3.63, 3.8) is 0 Å². The first-order chi connectivity index (χ1) is 12.5. The number of ketones is 1. The first kappa shape index (κ1) is 19.3. The average molecular weight is 354 g/mol. The van der Waals surface area contributed by atoms with Gasteiger partial charge in [0.1, 0.15) is 0 Å². The molecule has 0 spiro atoms. The summed E-state index contributed by atoms with van der Waals surface area (Å²) in [6.45, 7) is 4.65. The first-order valence-electron chi connectivity index (χ1n) is 8.62. The SMILES string of the molecule is CC(C)CCNC(=O)NC(=O)C[n+]1ccc(C(=O)c2ccccc2)cc1. The van der Waals surface area contributed by atoms with Crippen LogP contribution in [-0.4, -0.2) is 24.3 Å². The second-order valence-corrected chi connectivity index (χ2v) is 6.44. The van der Waals surface area contributed by atoms with Crippen LogP contribution in [0, 0.1) is 5.92 Å². The summed E-state index contributed by atoms with van der Waals surface area (Å²) in [6, 6.07) is 11.8. The van der Waals surface area contributed by atoms with Crippen molar-refractivity contribution in [1.82, 2.24) is 10.6 Å². The molecule has 3 amide bonds. The van der Waals surface area contributed by atoms with Gasteiger partial charge in [0.15, 0.2) is 18.2 Å². The molecular formula is C20H24N3O3+. The highest BCUT2D eigenvalue weighted by Gasteiger charge is 2.14. The number of carbonyl (C=O) groups excluding carboxylic acids is 3. The minimum Gasteiger partial charge on any atom is -0.338 e. The lowest BCUT2D eigenvalue weighted by molar-refractivity contribution is -0.684. The minimum absolute atomic E-state index is 0.00257. The Hall–Kier alpha value is -3.02. The van der Waals surface area contributed by atoms with Gasteiger partial charge in [-0.25, -0.2) is 4.79 Å². The number of imide groups is 1. The van der Waals surface area contributed by atoms with E-state index in [4.69, 9.17) is 0 Å². The van der Waals surface area contributed by atoms with Gasteiger partial charge in [-0.05, 0) is 12.3 Å². The number of urea groups is 1. The average Bonchev–Trinajstić information content (AvgIpc) is 2.62. The molecule has 2 rings (SSSR count). The van der Waals surface area contributed by atoms with E-state index in [-0.39, 0.29) is 12.3 Å². The van der Waals surface area contributed by atoms with Crippen LogP contribution in [0.4, 0.5) is 4.79 Å². The van der Waals surface area contributed by atoms with Crippen molar-refractivity contribution in [2.45, 2.75) is 26.8 Å². The summed E-state index contributed by atoms with van der Waals surface area (Å²) in [5, 5.41) is 4.94. The van der Waals surface area contributed by atoms with Crippen LogP contribution in [0.2, 0.25) is 0 Å². The van der Waals surface area contributed by atoms with E-state index in [9.17, 15) is 14.4 Å². The van der Waals surface area contributed by atoms with E-state index in [0.29, 0.717) is 23.6 Å². The van der Waals surface area contributed by atoms with Gasteiger partial charge in [-0.2, -0.15) is 4.57 Å². The highest BCUT2D eigenvalue weighted by molar-refractivity contribution is 6.08. The lowest BCUT2D eigenvalue weighted by Crippen LogP contribution is -2.47. The van der Waals surface area contributed by atoms with Crippen LogP contribution in [0.3, 0.4) is 0 Å². The molecule has 0 atom stereocenters. The van der Waals surface area contributed by atoms with Gasteiger partial charge >= 0.3 is 6.03 Å². The Labute approximate surface area is 153 Å². The predicted molar refractivity (Wildman–Crippen MR) is 97.5 cm³/mol. The third-order valence-corrected chi connectivity index (χ3v) is 3.78. The summed E-state index contributed by atoms with van der Waals surface area (Å²) >= 11 is 0. The van der Waals surface area contributed by atoms with Crippen LogP contribution in [0.15, 0.2) is 54.9 Å². The lowest BCUT2D eigenvalue weighted by atomic mass is 10.0. The lowest BCUT2D eigenvalue weighted by Gasteiger charge is -2.07. The van der Waals surface area contributed by atoms with Crippen LogP contribution in [0.5, 0.6) is 0 Å². The number of carbonyl (C=O) groups is 3. The second kappa shape index (κ2) is 9.46. The number of benzene rings is 1. The quantitative estimate of drug-likeness (QED) is 0.590. The summed E-state index contributed by atoms with van der Waals surface area (Å²) in [6.07, 6.45) is 4.14. The molecule has 0 saturated carbocycles. The molecule has 0 radical (unpaired) electrons. The maximum atomic E-state index is 12.3. The Bertz CT molecular complexity index is 756. The molecule has 0 fully saturated rings. The Kier molecular flexibility index (Phi) is 7.02.